The number of nitrogens with two attached hydrogens (primary N) is 1. The van der Waals surface area contributed by atoms with Gasteiger partial charge in [0.2, 0.25) is 5.91 Å². The van der Waals surface area contributed by atoms with Gasteiger partial charge in [-0.05, 0) is 37.3 Å². The minimum absolute atomic E-state index is 0.0457. The lowest BCUT2D eigenvalue weighted by Gasteiger charge is -2.57. The van der Waals surface area contributed by atoms with Crippen molar-refractivity contribution in [2.24, 2.45) is 11.1 Å². The van der Waals surface area contributed by atoms with E-state index in [-0.39, 0.29) is 17.9 Å². The van der Waals surface area contributed by atoms with Crippen molar-refractivity contribution in [2.45, 2.75) is 38.8 Å². The number of amides is 2. The number of hydrogen-bond acceptors (Lipinski definition) is 4. The normalized spacial score (nSPS) is 22.4. The minimum Gasteiger partial charge on any atom is -0.378 e. The van der Waals surface area contributed by atoms with Crippen molar-refractivity contribution in [3.05, 3.63) is 60.2 Å². The number of carbonyl (C=O) groups is 2. The van der Waals surface area contributed by atoms with Crippen LogP contribution in [0.15, 0.2) is 54.6 Å². The number of rotatable bonds is 6. The minimum atomic E-state index is -1.02. The Bertz CT molecular complexity index is 897. The zero-order valence-electron chi connectivity index (χ0n) is 17.4. The molecule has 0 aliphatic heterocycles. The summed E-state index contributed by atoms with van der Waals surface area (Å²) in [5.74, 6) is -0.422. The fourth-order valence-corrected chi connectivity index (χ4v) is 3.76. The molecule has 0 spiro atoms. The average Bonchev–Trinajstić information content (AvgIpc) is 2.73. The van der Waals surface area contributed by atoms with Crippen LogP contribution in [0.25, 0.3) is 0 Å². The van der Waals surface area contributed by atoms with E-state index in [0.717, 1.165) is 5.69 Å². The molecule has 1 saturated carbocycles. The first-order valence-corrected chi connectivity index (χ1v) is 9.86. The number of para-hydroxylation sites is 1. The van der Waals surface area contributed by atoms with Crippen molar-refractivity contribution in [3.63, 3.8) is 0 Å². The first-order valence-electron chi connectivity index (χ1n) is 9.86. The van der Waals surface area contributed by atoms with Crippen LogP contribution in [0.1, 0.15) is 37.6 Å². The SMILES string of the molecule is CCOC1CC(N)(C(=O)Nc2cccc(C(=O)N(C)c3ccccc3)c2)C1(C)C. The molecule has 1 aliphatic carbocycles. The van der Waals surface area contributed by atoms with Crippen LogP contribution in [0.3, 0.4) is 0 Å². The largest absolute Gasteiger partial charge is 0.378 e. The summed E-state index contributed by atoms with van der Waals surface area (Å²) in [4.78, 5) is 27.3. The van der Waals surface area contributed by atoms with Crippen LogP contribution in [0.5, 0.6) is 0 Å². The molecule has 6 nitrogen and oxygen atoms in total. The fraction of sp³-hybridized carbons (Fsp3) is 0.391. The van der Waals surface area contributed by atoms with Gasteiger partial charge in [-0.3, -0.25) is 9.59 Å². The second-order valence-electron chi connectivity index (χ2n) is 8.08. The van der Waals surface area contributed by atoms with Gasteiger partial charge in [-0.15, -0.1) is 0 Å². The number of anilines is 2. The van der Waals surface area contributed by atoms with Crippen LogP contribution in [0.2, 0.25) is 0 Å². The Balaban J connectivity index is 1.73. The molecule has 0 heterocycles. The lowest BCUT2D eigenvalue weighted by molar-refractivity contribution is -0.166. The van der Waals surface area contributed by atoms with Gasteiger partial charge in [-0.1, -0.05) is 38.1 Å². The van der Waals surface area contributed by atoms with E-state index in [0.29, 0.717) is 24.3 Å². The molecule has 2 aromatic carbocycles. The summed E-state index contributed by atoms with van der Waals surface area (Å²) in [5, 5.41) is 2.89. The molecule has 3 N–H and O–H groups in total. The predicted molar refractivity (Wildman–Crippen MR) is 115 cm³/mol. The molecule has 29 heavy (non-hydrogen) atoms. The number of nitrogens with one attached hydrogen (secondary N) is 1. The Morgan fingerprint density at radius 2 is 1.86 bits per heavy atom. The molecule has 2 aromatic rings. The van der Waals surface area contributed by atoms with E-state index in [9.17, 15) is 9.59 Å². The maximum atomic E-state index is 12.9. The fourth-order valence-electron chi connectivity index (χ4n) is 3.76. The highest BCUT2D eigenvalue weighted by Crippen LogP contribution is 2.50. The maximum absolute atomic E-state index is 12.9. The third-order valence-electron chi connectivity index (χ3n) is 6.05. The Kier molecular flexibility index (Phi) is 5.78. The Labute approximate surface area is 172 Å². The van der Waals surface area contributed by atoms with E-state index in [4.69, 9.17) is 10.5 Å². The van der Waals surface area contributed by atoms with E-state index in [1.807, 2.05) is 51.1 Å². The van der Waals surface area contributed by atoms with Gasteiger partial charge < -0.3 is 20.7 Å². The number of benzene rings is 2. The molecule has 154 valence electrons. The number of nitrogens with zero attached hydrogens (tertiary/aromatic N) is 1. The summed E-state index contributed by atoms with van der Waals surface area (Å²) >= 11 is 0. The zero-order valence-corrected chi connectivity index (χ0v) is 17.4. The molecule has 2 unspecified atom stereocenters. The summed E-state index contributed by atoms with van der Waals surface area (Å²) in [6, 6.07) is 16.3. The van der Waals surface area contributed by atoms with E-state index >= 15 is 0 Å². The van der Waals surface area contributed by atoms with Gasteiger partial charge in [0.05, 0.1) is 6.10 Å². The molecule has 2 amide bonds. The lowest BCUT2D eigenvalue weighted by Crippen LogP contribution is -2.74. The van der Waals surface area contributed by atoms with Crippen molar-refractivity contribution in [2.75, 3.05) is 23.9 Å². The van der Waals surface area contributed by atoms with Crippen molar-refractivity contribution in [1.82, 2.24) is 0 Å². The molecule has 0 aromatic heterocycles. The van der Waals surface area contributed by atoms with Crippen molar-refractivity contribution >= 4 is 23.2 Å². The lowest BCUT2D eigenvalue weighted by atomic mass is 9.54. The van der Waals surface area contributed by atoms with Gasteiger partial charge in [-0.2, -0.15) is 0 Å². The van der Waals surface area contributed by atoms with Crippen molar-refractivity contribution < 1.29 is 14.3 Å². The molecule has 1 fully saturated rings. The second kappa shape index (κ2) is 7.97. The van der Waals surface area contributed by atoms with Crippen LogP contribution in [-0.4, -0.2) is 37.1 Å². The summed E-state index contributed by atoms with van der Waals surface area (Å²) in [6.07, 6.45) is 0.422. The van der Waals surface area contributed by atoms with E-state index < -0.39 is 11.0 Å². The highest BCUT2D eigenvalue weighted by atomic mass is 16.5. The first-order chi connectivity index (χ1) is 13.7. The molecular formula is C23H29N3O3. The molecule has 1 aliphatic rings. The van der Waals surface area contributed by atoms with Gasteiger partial charge in [0.25, 0.3) is 5.91 Å². The van der Waals surface area contributed by atoms with E-state index in [1.165, 1.54) is 0 Å². The third-order valence-corrected chi connectivity index (χ3v) is 6.05. The van der Waals surface area contributed by atoms with Crippen molar-refractivity contribution in [1.29, 1.82) is 0 Å². The topological polar surface area (TPSA) is 84.7 Å². The second-order valence-corrected chi connectivity index (χ2v) is 8.08. The number of carbonyl (C=O) groups excluding carboxylic acids is 2. The maximum Gasteiger partial charge on any atom is 0.258 e. The monoisotopic (exact) mass is 395 g/mol. The van der Waals surface area contributed by atoms with Crippen LogP contribution < -0.4 is 16.0 Å². The van der Waals surface area contributed by atoms with Crippen LogP contribution in [-0.2, 0) is 9.53 Å². The van der Waals surface area contributed by atoms with Gasteiger partial charge in [0.1, 0.15) is 5.54 Å². The third kappa shape index (κ3) is 3.78. The average molecular weight is 396 g/mol. The number of hydrogen-bond donors (Lipinski definition) is 2. The number of ether oxygens (including phenoxy) is 1. The first kappa shape index (κ1) is 21.0. The smallest absolute Gasteiger partial charge is 0.258 e. The van der Waals surface area contributed by atoms with E-state index in [1.54, 1.807) is 36.2 Å². The molecule has 0 radical (unpaired) electrons. The van der Waals surface area contributed by atoms with Crippen LogP contribution >= 0.6 is 0 Å². The van der Waals surface area contributed by atoms with Gasteiger partial charge in [0, 0.05) is 42.4 Å². The summed E-state index contributed by atoms with van der Waals surface area (Å²) < 4.78 is 5.70. The molecule has 6 heteroatoms. The van der Waals surface area contributed by atoms with Crippen molar-refractivity contribution in [3.8, 4) is 0 Å². The Morgan fingerprint density at radius 3 is 2.48 bits per heavy atom. The molecule has 3 rings (SSSR count). The van der Waals surface area contributed by atoms with Crippen LogP contribution in [0, 0.1) is 5.41 Å². The molecular weight excluding hydrogens is 366 g/mol. The summed E-state index contributed by atoms with van der Waals surface area (Å²) in [7, 11) is 1.72. The predicted octanol–water partition coefficient (Wildman–Crippen LogP) is 3.43. The zero-order chi connectivity index (χ0) is 21.2. The summed E-state index contributed by atoms with van der Waals surface area (Å²) in [6.45, 7) is 6.42. The van der Waals surface area contributed by atoms with E-state index in [2.05, 4.69) is 5.32 Å². The Hall–Kier alpha value is -2.70. The highest BCUT2D eigenvalue weighted by molar-refractivity contribution is 6.07. The van der Waals surface area contributed by atoms with Gasteiger partial charge in [-0.25, -0.2) is 0 Å². The molecule has 0 saturated heterocycles. The van der Waals surface area contributed by atoms with Gasteiger partial charge >= 0.3 is 0 Å². The van der Waals surface area contributed by atoms with Crippen LogP contribution in [0.4, 0.5) is 11.4 Å². The molecule has 0 bridgehead atoms. The standard InChI is InChI=1S/C23H29N3O3/c1-5-29-19-15-23(24,22(19,2)3)21(28)25-17-11-9-10-16(14-17)20(27)26(4)18-12-7-6-8-13-18/h6-14,19H,5,15,24H2,1-4H3,(H,25,28). The molecule has 2 atom stereocenters. The highest BCUT2D eigenvalue weighted by Gasteiger charge is 2.62. The Morgan fingerprint density at radius 1 is 1.17 bits per heavy atom. The summed E-state index contributed by atoms with van der Waals surface area (Å²) in [5.41, 5.74) is 6.78. The quantitative estimate of drug-likeness (QED) is 0.785. The van der Waals surface area contributed by atoms with Gasteiger partial charge in [0.15, 0.2) is 0 Å².